The number of hydrogen-bond donors (Lipinski definition) is 3. The van der Waals surface area contributed by atoms with Crippen LogP contribution in [0.3, 0.4) is 0 Å². The van der Waals surface area contributed by atoms with Gasteiger partial charge in [0.15, 0.2) is 0 Å². The van der Waals surface area contributed by atoms with E-state index < -0.39 is 6.04 Å². The maximum Gasteiger partial charge on any atom is 0.237 e. The Morgan fingerprint density at radius 3 is 2.38 bits per heavy atom. The number of nitrogens with one attached hydrogen (secondary N) is 1. The quantitative estimate of drug-likeness (QED) is 0.365. The molecule has 0 saturated carbocycles. The molecule has 2 unspecified atom stereocenters. The first-order valence-corrected chi connectivity index (χ1v) is 14.6. The maximum absolute atomic E-state index is 13.4. The zero-order valence-electron chi connectivity index (χ0n) is 23.9. The van der Waals surface area contributed by atoms with Crippen molar-refractivity contribution in [2.75, 3.05) is 11.4 Å². The molecule has 2 atom stereocenters. The summed E-state index contributed by atoms with van der Waals surface area (Å²) in [5.74, 6) is 0.695. The number of phenolic OH excluding ortho intramolecular Hbond substituents is 1. The Hall–Kier alpha value is -3.64. The molecule has 3 aromatic carbocycles. The normalized spacial score (nSPS) is 17.3. The predicted molar refractivity (Wildman–Crippen MR) is 160 cm³/mol. The summed E-state index contributed by atoms with van der Waals surface area (Å²) in [6.07, 6.45) is 5.48. The van der Waals surface area contributed by atoms with Crippen molar-refractivity contribution in [2.24, 2.45) is 11.7 Å². The van der Waals surface area contributed by atoms with Gasteiger partial charge in [0.05, 0.1) is 12.1 Å². The van der Waals surface area contributed by atoms with Crippen molar-refractivity contribution in [1.82, 2.24) is 5.32 Å². The molecule has 0 radical (unpaired) electrons. The fourth-order valence-electron chi connectivity index (χ4n) is 6.56. The summed E-state index contributed by atoms with van der Waals surface area (Å²) in [5, 5.41) is 13.1. The van der Waals surface area contributed by atoms with Crippen molar-refractivity contribution < 1.29 is 14.7 Å². The molecule has 2 amide bonds. The van der Waals surface area contributed by atoms with Gasteiger partial charge in [0.25, 0.3) is 0 Å². The minimum Gasteiger partial charge on any atom is -0.508 e. The lowest BCUT2D eigenvalue weighted by atomic mass is 9.90. The summed E-state index contributed by atoms with van der Waals surface area (Å²) in [4.78, 5) is 28.2. The third-order valence-electron chi connectivity index (χ3n) is 8.58. The van der Waals surface area contributed by atoms with Crippen LogP contribution >= 0.6 is 0 Å². The molecule has 0 aromatic heterocycles. The molecule has 0 bridgehead atoms. The summed E-state index contributed by atoms with van der Waals surface area (Å²) < 4.78 is 0. The summed E-state index contributed by atoms with van der Waals surface area (Å²) in [6.45, 7) is 6.44. The molecule has 0 fully saturated rings. The van der Waals surface area contributed by atoms with E-state index in [1.165, 1.54) is 16.7 Å². The molecule has 4 N–H and O–H groups in total. The lowest BCUT2D eigenvalue weighted by Gasteiger charge is -2.35. The second kappa shape index (κ2) is 11.8. The third kappa shape index (κ3) is 5.92. The lowest BCUT2D eigenvalue weighted by molar-refractivity contribution is -0.123. The van der Waals surface area contributed by atoms with Crippen molar-refractivity contribution in [1.29, 1.82) is 0 Å². The van der Waals surface area contributed by atoms with Gasteiger partial charge in [-0.1, -0.05) is 43.3 Å². The number of nitrogens with zero attached hydrogens (tertiary/aromatic N) is 1. The Morgan fingerprint density at radius 2 is 1.73 bits per heavy atom. The highest BCUT2D eigenvalue weighted by Crippen LogP contribution is 2.37. The van der Waals surface area contributed by atoms with E-state index in [-0.39, 0.29) is 23.6 Å². The molecule has 40 heavy (non-hydrogen) atoms. The number of carbonyl (C=O) groups is 2. The number of aryl methyl sites for hydroxylation is 2. The van der Waals surface area contributed by atoms with Gasteiger partial charge in [0, 0.05) is 18.7 Å². The van der Waals surface area contributed by atoms with Gasteiger partial charge in [-0.2, -0.15) is 0 Å². The number of nitrogens with two attached hydrogens (primary N) is 1. The van der Waals surface area contributed by atoms with E-state index >= 15 is 0 Å². The smallest absolute Gasteiger partial charge is 0.237 e. The van der Waals surface area contributed by atoms with Gasteiger partial charge >= 0.3 is 0 Å². The van der Waals surface area contributed by atoms with E-state index in [1.54, 1.807) is 12.1 Å². The van der Waals surface area contributed by atoms with Gasteiger partial charge < -0.3 is 21.1 Å². The van der Waals surface area contributed by atoms with E-state index in [9.17, 15) is 14.7 Å². The van der Waals surface area contributed by atoms with E-state index in [2.05, 4.69) is 47.8 Å². The van der Waals surface area contributed by atoms with Crippen LogP contribution in [0.15, 0.2) is 54.6 Å². The standard InChI is InChI=1S/C34H41N3O3/c1-4-7-33(39)37-13-12-31(36-34(40)30(35)20-28-21(2)14-27(38)15-22(28)3)29-19-23(10-11-32(29)37)16-24-17-25-8-5-6-9-26(25)18-24/h5-6,8-11,14-15,19,24,30-31,38H,4,7,12-13,16-18,20,35H2,1-3H3,(H,36,40). The van der Waals surface area contributed by atoms with Crippen LogP contribution in [0.4, 0.5) is 5.69 Å². The Labute approximate surface area is 237 Å². The van der Waals surface area contributed by atoms with Crippen LogP contribution in [0.2, 0.25) is 0 Å². The number of anilines is 1. The average Bonchev–Trinajstić information content (AvgIpc) is 3.33. The number of hydrogen-bond acceptors (Lipinski definition) is 4. The Bertz CT molecular complexity index is 1370. The van der Waals surface area contributed by atoms with E-state index in [0.717, 1.165) is 53.6 Å². The molecule has 210 valence electrons. The number of phenols is 1. The van der Waals surface area contributed by atoms with Gasteiger partial charge in [0.1, 0.15) is 5.75 Å². The molecule has 0 saturated heterocycles. The zero-order chi connectivity index (χ0) is 28.4. The van der Waals surface area contributed by atoms with Gasteiger partial charge in [-0.25, -0.2) is 0 Å². The first-order valence-electron chi connectivity index (χ1n) is 14.6. The summed E-state index contributed by atoms with van der Waals surface area (Å²) in [5.41, 5.74) is 15.3. The molecule has 6 heteroatoms. The van der Waals surface area contributed by atoms with Crippen LogP contribution in [-0.2, 0) is 35.3 Å². The fraction of sp³-hybridized carbons (Fsp3) is 0.412. The van der Waals surface area contributed by atoms with Crippen molar-refractivity contribution in [2.45, 2.75) is 77.8 Å². The van der Waals surface area contributed by atoms with Crippen LogP contribution < -0.4 is 16.0 Å². The van der Waals surface area contributed by atoms with Crippen molar-refractivity contribution in [3.8, 4) is 5.75 Å². The van der Waals surface area contributed by atoms with Gasteiger partial charge in [-0.15, -0.1) is 0 Å². The third-order valence-corrected chi connectivity index (χ3v) is 8.58. The molecule has 5 rings (SSSR count). The largest absolute Gasteiger partial charge is 0.508 e. The molecule has 1 aliphatic heterocycles. The molecule has 1 heterocycles. The van der Waals surface area contributed by atoms with Crippen molar-refractivity contribution in [3.05, 3.63) is 93.5 Å². The second-order valence-electron chi connectivity index (χ2n) is 11.7. The Balaban J connectivity index is 1.35. The molecule has 3 aromatic rings. The van der Waals surface area contributed by atoms with Crippen molar-refractivity contribution >= 4 is 17.5 Å². The molecule has 2 aliphatic rings. The minimum atomic E-state index is -0.717. The highest BCUT2D eigenvalue weighted by atomic mass is 16.3. The molecular formula is C34H41N3O3. The summed E-state index contributed by atoms with van der Waals surface area (Å²) >= 11 is 0. The molecule has 1 aliphatic carbocycles. The van der Waals surface area contributed by atoms with E-state index in [0.29, 0.717) is 31.7 Å². The van der Waals surface area contributed by atoms with Gasteiger partial charge in [0.2, 0.25) is 11.8 Å². The van der Waals surface area contributed by atoms with Crippen LogP contribution in [0.1, 0.15) is 71.2 Å². The van der Waals surface area contributed by atoms with Crippen LogP contribution in [0.25, 0.3) is 0 Å². The van der Waals surface area contributed by atoms with Crippen molar-refractivity contribution in [3.63, 3.8) is 0 Å². The molecular weight excluding hydrogens is 498 g/mol. The summed E-state index contributed by atoms with van der Waals surface area (Å²) in [6, 6.07) is 17.6. The lowest BCUT2D eigenvalue weighted by Crippen LogP contribution is -2.46. The second-order valence-corrected chi connectivity index (χ2v) is 11.7. The number of rotatable bonds is 8. The monoisotopic (exact) mass is 539 g/mol. The SMILES string of the molecule is CCCC(=O)N1CCC(NC(=O)C(N)Cc2c(C)cc(O)cc2C)c2cc(CC3Cc4ccccc4C3)ccc21. The Kier molecular flexibility index (Phi) is 8.27. The van der Waals surface area contributed by atoms with Crippen LogP contribution in [0, 0.1) is 19.8 Å². The first kappa shape index (κ1) is 27.9. The number of amides is 2. The maximum atomic E-state index is 13.4. The van der Waals surface area contributed by atoms with Crippen LogP contribution in [0.5, 0.6) is 5.75 Å². The predicted octanol–water partition coefficient (Wildman–Crippen LogP) is 5.23. The zero-order valence-corrected chi connectivity index (χ0v) is 23.9. The highest BCUT2D eigenvalue weighted by molar-refractivity contribution is 5.95. The molecule has 6 nitrogen and oxygen atoms in total. The highest BCUT2D eigenvalue weighted by Gasteiger charge is 2.31. The van der Waals surface area contributed by atoms with E-state index in [1.807, 2.05) is 25.7 Å². The number of fused-ring (bicyclic) bond motifs is 2. The first-order chi connectivity index (χ1) is 19.2. The fourth-order valence-corrected chi connectivity index (χ4v) is 6.56. The number of carbonyl (C=O) groups excluding carboxylic acids is 2. The van der Waals surface area contributed by atoms with Crippen LogP contribution in [-0.4, -0.2) is 29.5 Å². The van der Waals surface area contributed by atoms with Gasteiger partial charge in [-0.05, 0) is 115 Å². The summed E-state index contributed by atoms with van der Waals surface area (Å²) in [7, 11) is 0. The average molecular weight is 540 g/mol. The minimum absolute atomic E-state index is 0.127. The van der Waals surface area contributed by atoms with E-state index in [4.69, 9.17) is 5.73 Å². The van der Waals surface area contributed by atoms with Gasteiger partial charge in [-0.3, -0.25) is 9.59 Å². The topological polar surface area (TPSA) is 95.7 Å². The number of aromatic hydroxyl groups is 1. The number of benzene rings is 3. The molecule has 0 spiro atoms. The Morgan fingerprint density at radius 1 is 1.05 bits per heavy atom.